The molecule has 1 aliphatic heterocycles. The van der Waals surface area contributed by atoms with Crippen LogP contribution in [0.25, 0.3) is 0 Å². The summed E-state index contributed by atoms with van der Waals surface area (Å²) in [5.41, 5.74) is 0.268. The Morgan fingerprint density at radius 3 is 2.05 bits per heavy atom. The number of rotatable bonds is 4. The van der Waals surface area contributed by atoms with E-state index in [4.69, 9.17) is 4.84 Å². The molecule has 6 nitrogen and oxygen atoms in total. The molecule has 1 aliphatic rings. The minimum Gasteiger partial charge on any atom is -0.456 e. The van der Waals surface area contributed by atoms with E-state index in [0.29, 0.717) is 5.06 Å². The Kier molecular flexibility index (Phi) is 3.94. The molecule has 0 fully saturated rings. The predicted molar refractivity (Wildman–Crippen MR) is 59.9 cm³/mol. The first kappa shape index (κ1) is 15.0. The number of esters is 1. The topological polar surface area (TPSA) is 72.9 Å². The van der Waals surface area contributed by atoms with Gasteiger partial charge in [0.1, 0.15) is 13.2 Å². The summed E-state index contributed by atoms with van der Waals surface area (Å²) in [6, 6.07) is 5.95. The molecule has 2 amide bonds. The maximum absolute atomic E-state index is 11.8. The van der Waals surface area contributed by atoms with Gasteiger partial charge in [0, 0.05) is 0 Å². The summed E-state index contributed by atoms with van der Waals surface area (Å²) in [5, 5.41) is 0.423. The van der Waals surface area contributed by atoms with Gasteiger partial charge in [-0.1, -0.05) is 12.1 Å². The quantitative estimate of drug-likeness (QED) is 0.476. The third-order valence-corrected chi connectivity index (χ3v) is 2.53. The van der Waals surface area contributed by atoms with Crippen molar-refractivity contribution < 1.29 is 37.1 Å². The van der Waals surface area contributed by atoms with E-state index in [1.807, 2.05) is 0 Å². The first-order chi connectivity index (χ1) is 9.82. The predicted octanol–water partition coefficient (Wildman–Crippen LogP) is 1.32. The lowest BCUT2D eigenvalue weighted by Gasteiger charge is -2.13. The fourth-order valence-electron chi connectivity index (χ4n) is 1.63. The van der Waals surface area contributed by atoms with Gasteiger partial charge in [-0.05, 0) is 12.1 Å². The number of fused-ring (bicyclic) bond motifs is 1. The standard InChI is InChI=1S/C12H8F3NO5/c13-12(14,15)11(19)20-5-6-21-16-9(17)7-3-1-2-4-8(7)10(16)18/h1-4H,5-6H2. The van der Waals surface area contributed by atoms with Crippen molar-refractivity contribution in [2.75, 3.05) is 13.2 Å². The summed E-state index contributed by atoms with van der Waals surface area (Å²) in [7, 11) is 0. The lowest BCUT2D eigenvalue weighted by atomic mass is 10.1. The molecular weight excluding hydrogens is 295 g/mol. The van der Waals surface area contributed by atoms with E-state index in [1.165, 1.54) is 12.1 Å². The van der Waals surface area contributed by atoms with E-state index in [-0.39, 0.29) is 11.1 Å². The van der Waals surface area contributed by atoms with Crippen molar-refractivity contribution in [3.8, 4) is 0 Å². The zero-order valence-corrected chi connectivity index (χ0v) is 10.3. The molecule has 0 aromatic heterocycles. The fourth-order valence-corrected chi connectivity index (χ4v) is 1.63. The van der Waals surface area contributed by atoms with E-state index in [1.54, 1.807) is 12.1 Å². The highest BCUT2D eigenvalue weighted by Gasteiger charge is 2.41. The Bertz CT molecular complexity index is 564. The molecular formula is C12H8F3NO5. The lowest BCUT2D eigenvalue weighted by molar-refractivity contribution is -0.202. The highest BCUT2D eigenvalue weighted by Crippen LogP contribution is 2.22. The van der Waals surface area contributed by atoms with Crippen LogP contribution in [0.5, 0.6) is 0 Å². The van der Waals surface area contributed by atoms with Gasteiger partial charge < -0.3 is 4.74 Å². The molecule has 0 bridgehead atoms. The van der Waals surface area contributed by atoms with Gasteiger partial charge in [0.25, 0.3) is 11.8 Å². The van der Waals surface area contributed by atoms with Crippen molar-refractivity contribution in [1.82, 2.24) is 5.06 Å². The summed E-state index contributed by atoms with van der Waals surface area (Å²) in [4.78, 5) is 38.8. The van der Waals surface area contributed by atoms with Gasteiger partial charge >= 0.3 is 12.1 Å². The number of imide groups is 1. The summed E-state index contributed by atoms with van der Waals surface area (Å²) in [6.45, 7) is -1.31. The molecule has 2 rings (SSSR count). The molecule has 0 unspecified atom stereocenters. The average molecular weight is 303 g/mol. The Hall–Kier alpha value is -2.42. The number of alkyl halides is 3. The average Bonchev–Trinajstić information content (AvgIpc) is 2.67. The number of amides is 2. The van der Waals surface area contributed by atoms with Gasteiger partial charge in [-0.15, -0.1) is 5.06 Å². The number of halogens is 3. The summed E-state index contributed by atoms with van der Waals surface area (Å²) >= 11 is 0. The van der Waals surface area contributed by atoms with Crippen LogP contribution in [-0.4, -0.2) is 42.2 Å². The second kappa shape index (κ2) is 5.52. The molecule has 0 aliphatic carbocycles. The van der Waals surface area contributed by atoms with Crippen molar-refractivity contribution in [3.05, 3.63) is 35.4 Å². The first-order valence-electron chi connectivity index (χ1n) is 5.67. The third-order valence-electron chi connectivity index (χ3n) is 2.53. The van der Waals surface area contributed by atoms with Crippen LogP contribution in [0.4, 0.5) is 13.2 Å². The van der Waals surface area contributed by atoms with E-state index in [0.717, 1.165) is 0 Å². The Labute approximate surface area is 116 Å². The maximum Gasteiger partial charge on any atom is 0.490 e. The molecule has 1 aromatic rings. The summed E-state index contributed by atoms with van der Waals surface area (Å²) in [6.07, 6.45) is -5.10. The normalized spacial score (nSPS) is 14.3. The van der Waals surface area contributed by atoms with Crippen molar-refractivity contribution in [1.29, 1.82) is 0 Å². The fraction of sp³-hybridized carbons (Fsp3) is 0.250. The Morgan fingerprint density at radius 1 is 1.05 bits per heavy atom. The molecule has 1 aromatic carbocycles. The molecule has 0 radical (unpaired) electrons. The second-order valence-electron chi connectivity index (χ2n) is 3.92. The molecule has 0 N–H and O–H groups in total. The van der Waals surface area contributed by atoms with E-state index >= 15 is 0 Å². The van der Waals surface area contributed by atoms with Crippen LogP contribution in [0.3, 0.4) is 0 Å². The number of benzene rings is 1. The highest BCUT2D eigenvalue weighted by atomic mass is 19.4. The number of nitrogens with zero attached hydrogens (tertiary/aromatic N) is 1. The SMILES string of the molecule is O=C1c2ccccc2C(=O)N1OCCOC(=O)C(F)(F)F. The van der Waals surface area contributed by atoms with Gasteiger partial charge in [0.15, 0.2) is 0 Å². The molecule has 1 heterocycles. The smallest absolute Gasteiger partial charge is 0.456 e. The number of hydrogen-bond donors (Lipinski definition) is 0. The molecule has 0 saturated heterocycles. The van der Waals surface area contributed by atoms with E-state index < -0.39 is 37.2 Å². The minimum atomic E-state index is -5.10. The lowest BCUT2D eigenvalue weighted by Crippen LogP contribution is -2.32. The van der Waals surface area contributed by atoms with Gasteiger partial charge in [0.05, 0.1) is 11.1 Å². The van der Waals surface area contributed by atoms with E-state index in [9.17, 15) is 27.6 Å². The van der Waals surface area contributed by atoms with Crippen molar-refractivity contribution in [3.63, 3.8) is 0 Å². The van der Waals surface area contributed by atoms with Crippen molar-refractivity contribution in [2.24, 2.45) is 0 Å². The van der Waals surface area contributed by atoms with Crippen LogP contribution >= 0.6 is 0 Å². The van der Waals surface area contributed by atoms with Gasteiger partial charge in [-0.2, -0.15) is 13.2 Å². The van der Waals surface area contributed by atoms with Crippen LogP contribution in [0, 0.1) is 0 Å². The minimum absolute atomic E-state index is 0.134. The first-order valence-corrected chi connectivity index (χ1v) is 5.67. The zero-order valence-electron chi connectivity index (χ0n) is 10.3. The van der Waals surface area contributed by atoms with E-state index in [2.05, 4.69) is 4.74 Å². The molecule has 9 heteroatoms. The number of carbonyl (C=O) groups excluding carboxylic acids is 3. The highest BCUT2D eigenvalue weighted by molar-refractivity contribution is 6.20. The third kappa shape index (κ3) is 3.02. The molecule has 0 atom stereocenters. The van der Waals surface area contributed by atoms with Crippen molar-refractivity contribution >= 4 is 17.8 Å². The monoisotopic (exact) mass is 303 g/mol. The van der Waals surface area contributed by atoms with Gasteiger partial charge in [-0.25, -0.2) is 4.79 Å². The van der Waals surface area contributed by atoms with Crippen LogP contribution in [0.1, 0.15) is 20.7 Å². The number of hydroxylamine groups is 2. The number of carbonyl (C=O) groups is 3. The molecule has 112 valence electrons. The molecule has 0 spiro atoms. The Balaban J connectivity index is 1.88. The number of hydrogen-bond acceptors (Lipinski definition) is 5. The maximum atomic E-state index is 11.8. The van der Waals surface area contributed by atoms with Gasteiger partial charge in [0.2, 0.25) is 0 Å². The molecule has 21 heavy (non-hydrogen) atoms. The zero-order chi connectivity index (χ0) is 15.6. The van der Waals surface area contributed by atoms with Crippen LogP contribution in [-0.2, 0) is 14.4 Å². The largest absolute Gasteiger partial charge is 0.490 e. The second-order valence-corrected chi connectivity index (χ2v) is 3.92. The van der Waals surface area contributed by atoms with Crippen molar-refractivity contribution in [2.45, 2.75) is 6.18 Å². The summed E-state index contributed by atoms with van der Waals surface area (Å²) in [5.74, 6) is -3.82. The van der Waals surface area contributed by atoms with Crippen LogP contribution in [0.2, 0.25) is 0 Å². The summed E-state index contributed by atoms with van der Waals surface area (Å²) < 4.78 is 39.4. The molecule has 0 saturated carbocycles. The van der Waals surface area contributed by atoms with Gasteiger partial charge in [-0.3, -0.25) is 14.4 Å². The number of ether oxygens (including phenoxy) is 1. The van der Waals surface area contributed by atoms with Crippen LogP contribution in [0.15, 0.2) is 24.3 Å². The van der Waals surface area contributed by atoms with Crippen LogP contribution < -0.4 is 0 Å². The Morgan fingerprint density at radius 2 is 1.57 bits per heavy atom.